The van der Waals surface area contributed by atoms with E-state index in [4.69, 9.17) is 15.6 Å². The molecule has 1 aromatic rings. The van der Waals surface area contributed by atoms with Gasteiger partial charge >= 0.3 is 0 Å². The maximum absolute atomic E-state index is 12.4. The fourth-order valence-electron chi connectivity index (χ4n) is 1.68. The number of nitrogens with one attached hydrogen (secondary N) is 1. The van der Waals surface area contributed by atoms with Crippen molar-refractivity contribution in [2.75, 3.05) is 26.1 Å². The van der Waals surface area contributed by atoms with E-state index in [1.54, 1.807) is 6.07 Å². The van der Waals surface area contributed by atoms with Crippen LogP contribution in [0.4, 0.5) is 5.69 Å². The van der Waals surface area contributed by atoms with Crippen molar-refractivity contribution in [2.45, 2.75) is 17.4 Å². The van der Waals surface area contributed by atoms with Crippen LogP contribution in [0, 0.1) is 0 Å². The molecule has 1 rings (SSSR count). The van der Waals surface area contributed by atoms with E-state index in [0.29, 0.717) is 8.95 Å². The van der Waals surface area contributed by atoms with Gasteiger partial charge in [-0.1, -0.05) is 15.9 Å². The number of nitrogens with two attached hydrogens (primary N) is 1. The van der Waals surface area contributed by atoms with Gasteiger partial charge in [-0.05, 0) is 34.5 Å². The van der Waals surface area contributed by atoms with Gasteiger partial charge in [-0.25, -0.2) is 13.1 Å². The summed E-state index contributed by atoms with van der Waals surface area (Å²) in [5.41, 5.74) is 5.90. The number of sulfonamides is 1. The summed E-state index contributed by atoms with van der Waals surface area (Å²) in [6, 6.07) is 2.59. The molecule has 1 aromatic carbocycles. The lowest BCUT2D eigenvalue weighted by Gasteiger charge is -2.18. The molecule has 4 N–H and O–H groups in total. The monoisotopic (exact) mass is 430 g/mol. The predicted octanol–water partition coefficient (Wildman–Crippen LogP) is 1.47. The van der Waals surface area contributed by atoms with Crippen molar-refractivity contribution >= 4 is 47.6 Å². The van der Waals surface area contributed by atoms with E-state index in [0.717, 1.165) is 0 Å². The Morgan fingerprint density at radius 3 is 2.60 bits per heavy atom. The Labute approximate surface area is 135 Å². The zero-order chi connectivity index (χ0) is 15.3. The van der Waals surface area contributed by atoms with Crippen molar-refractivity contribution in [2.24, 2.45) is 0 Å². The number of aliphatic hydroxyl groups is 1. The summed E-state index contributed by atoms with van der Waals surface area (Å²) in [7, 11) is -2.35. The second-order valence-electron chi connectivity index (χ2n) is 4.09. The fourth-order valence-corrected chi connectivity index (χ4v) is 5.00. The van der Waals surface area contributed by atoms with Gasteiger partial charge in [-0.15, -0.1) is 0 Å². The summed E-state index contributed by atoms with van der Waals surface area (Å²) in [5.74, 6) is 0. The molecule has 1 unspecified atom stereocenters. The number of methoxy groups -OCH3 is 1. The molecule has 0 amide bonds. The van der Waals surface area contributed by atoms with E-state index in [9.17, 15) is 8.42 Å². The van der Waals surface area contributed by atoms with E-state index in [2.05, 4.69) is 36.6 Å². The third kappa shape index (κ3) is 4.68. The predicted molar refractivity (Wildman–Crippen MR) is 83.9 cm³/mol. The van der Waals surface area contributed by atoms with Crippen LogP contribution in [0.1, 0.15) is 6.42 Å². The van der Waals surface area contributed by atoms with Gasteiger partial charge < -0.3 is 15.6 Å². The van der Waals surface area contributed by atoms with Crippen molar-refractivity contribution in [1.82, 2.24) is 4.72 Å². The Balaban J connectivity index is 3.10. The van der Waals surface area contributed by atoms with Crippen molar-refractivity contribution in [3.8, 4) is 0 Å². The summed E-state index contributed by atoms with van der Waals surface area (Å²) in [6.07, 6.45) is 0.251. The highest BCUT2D eigenvalue weighted by Crippen LogP contribution is 2.31. The first kappa shape index (κ1) is 17.9. The van der Waals surface area contributed by atoms with E-state index in [-0.39, 0.29) is 30.2 Å². The number of hydrogen-bond acceptors (Lipinski definition) is 5. The highest BCUT2D eigenvalue weighted by Gasteiger charge is 2.25. The van der Waals surface area contributed by atoms with Crippen molar-refractivity contribution in [3.05, 3.63) is 21.1 Å². The second-order valence-corrected chi connectivity index (χ2v) is 7.51. The topological polar surface area (TPSA) is 102 Å². The standard InChI is InChI=1S/C11H16Br2N2O4S/c1-19-6-8(2-3-16)15-20(17,18)11-9(13)4-7(12)5-10(11)14/h4-5,8,15-16H,2-3,6,14H2,1H3. The number of hydrogen-bond donors (Lipinski definition) is 3. The summed E-state index contributed by atoms with van der Waals surface area (Å²) >= 11 is 6.43. The van der Waals surface area contributed by atoms with Crippen LogP contribution in [0.15, 0.2) is 26.0 Å². The lowest BCUT2D eigenvalue weighted by molar-refractivity contribution is 0.158. The normalized spacial score (nSPS) is 13.4. The summed E-state index contributed by atoms with van der Waals surface area (Å²) in [4.78, 5) is -0.0280. The molecule has 0 aliphatic carbocycles. The number of rotatable bonds is 7. The molecule has 0 aliphatic heterocycles. The van der Waals surface area contributed by atoms with E-state index in [1.807, 2.05) is 0 Å². The van der Waals surface area contributed by atoms with E-state index >= 15 is 0 Å². The Morgan fingerprint density at radius 1 is 1.45 bits per heavy atom. The first-order valence-corrected chi connectivity index (χ1v) is 8.75. The maximum Gasteiger partial charge on any atom is 0.244 e. The van der Waals surface area contributed by atoms with Gasteiger partial charge in [0.25, 0.3) is 0 Å². The van der Waals surface area contributed by atoms with Gasteiger partial charge in [0.1, 0.15) is 4.90 Å². The molecular weight excluding hydrogens is 416 g/mol. The number of benzene rings is 1. The molecule has 20 heavy (non-hydrogen) atoms. The van der Waals surface area contributed by atoms with Crippen LogP contribution < -0.4 is 10.5 Å². The molecule has 1 atom stereocenters. The largest absolute Gasteiger partial charge is 0.398 e. The van der Waals surface area contributed by atoms with Crippen molar-refractivity contribution in [3.63, 3.8) is 0 Å². The van der Waals surface area contributed by atoms with Gasteiger partial charge in [-0.3, -0.25) is 0 Å². The molecule has 0 aromatic heterocycles. The molecule has 0 fully saturated rings. The molecular formula is C11H16Br2N2O4S. The molecule has 0 radical (unpaired) electrons. The van der Waals surface area contributed by atoms with Crippen LogP contribution in [-0.4, -0.2) is 39.9 Å². The molecule has 0 spiro atoms. The first-order chi connectivity index (χ1) is 9.31. The molecule has 6 nitrogen and oxygen atoms in total. The minimum Gasteiger partial charge on any atom is -0.398 e. The average molecular weight is 432 g/mol. The van der Waals surface area contributed by atoms with Gasteiger partial charge in [-0.2, -0.15) is 0 Å². The quantitative estimate of drug-likeness (QED) is 0.567. The second kappa shape index (κ2) is 7.71. The van der Waals surface area contributed by atoms with Crippen molar-refractivity contribution < 1.29 is 18.3 Å². The zero-order valence-electron chi connectivity index (χ0n) is 10.8. The third-order valence-electron chi connectivity index (χ3n) is 2.47. The molecule has 0 bridgehead atoms. The van der Waals surface area contributed by atoms with Gasteiger partial charge in [0, 0.05) is 28.7 Å². The number of nitrogen functional groups attached to an aromatic ring is 1. The Kier molecular flexibility index (Phi) is 6.89. The SMILES string of the molecule is COCC(CCO)NS(=O)(=O)c1c(N)cc(Br)cc1Br. The highest BCUT2D eigenvalue weighted by molar-refractivity contribution is 9.11. The average Bonchev–Trinajstić information content (AvgIpc) is 2.26. The van der Waals surface area contributed by atoms with Crippen LogP contribution in [0.2, 0.25) is 0 Å². The van der Waals surface area contributed by atoms with Gasteiger partial charge in [0.2, 0.25) is 10.0 Å². The lowest BCUT2D eigenvalue weighted by atomic mass is 10.2. The molecule has 0 saturated heterocycles. The summed E-state index contributed by atoms with van der Waals surface area (Å²) in [5, 5.41) is 8.95. The molecule has 9 heteroatoms. The van der Waals surface area contributed by atoms with Crippen LogP contribution >= 0.6 is 31.9 Å². The lowest BCUT2D eigenvalue weighted by Crippen LogP contribution is -2.39. The number of anilines is 1. The van der Waals surface area contributed by atoms with Crippen molar-refractivity contribution in [1.29, 1.82) is 0 Å². The minimum absolute atomic E-state index is 0.0280. The van der Waals surface area contributed by atoms with Crippen LogP contribution in [-0.2, 0) is 14.8 Å². The van der Waals surface area contributed by atoms with E-state index < -0.39 is 16.1 Å². The number of aliphatic hydroxyl groups excluding tert-OH is 1. The summed E-state index contributed by atoms with van der Waals surface area (Å²) in [6.45, 7) is 0.0153. The van der Waals surface area contributed by atoms with Gasteiger partial charge in [0.15, 0.2) is 0 Å². The Bertz CT molecular complexity index is 537. The number of ether oxygens (including phenoxy) is 1. The third-order valence-corrected chi connectivity index (χ3v) is 5.46. The zero-order valence-corrected chi connectivity index (χ0v) is 14.8. The van der Waals surface area contributed by atoms with Crippen LogP contribution in [0.25, 0.3) is 0 Å². The smallest absolute Gasteiger partial charge is 0.244 e. The fraction of sp³-hybridized carbons (Fsp3) is 0.455. The van der Waals surface area contributed by atoms with E-state index in [1.165, 1.54) is 13.2 Å². The first-order valence-electron chi connectivity index (χ1n) is 5.68. The highest BCUT2D eigenvalue weighted by atomic mass is 79.9. The molecule has 0 heterocycles. The van der Waals surface area contributed by atoms with Crippen LogP contribution in [0.5, 0.6) is 0 Å². The Morgan fingerprint density at radius 2 is 2.10 bits per heavy atom. The minimum atomic E-state index is -3.82. The molecule has 114 valence electrons. The Hall–Kier alpha value is -0.190. The maximum atomic E-state index is 12.4. The molecule has 0 aliphatic rings. The molecule has 0 saturated carbocycles. The van der Waals surface area contributed by atoms with Crippen LogP contribution in [0.3, 0.4) is 0 Å². The summed E-state index contributed by atoms with van der Waals surface area (Å²) < 4.78 is 33.2. The number of halogens is 2. The van der Waals surface area contributed by atoms with Gasteiger partial charge in [0.05, 0.1) is 12.3 Å².